The van der Waals surface area contributed by atoms with E-state index in [0.717, 1.165) is 12.3 Å². The van der Waals surface area contributed by atoms with E-state index >= 15 is 0 Å². The van der Waals surface area contributed by atoms with Crippen LogP contribution in [0.2, 0.25) is 0 Å². The van der Waals surface area contributed by atoms with Gasteiger partial charge >= 0.3 is 18.1 Å². The number of hydrogen-bond acceptors (Lipinski definition) is 12. The Morgan fingerprint density at radius 2 is 1.88 bits per heavy atom. The molecular formula is C26H25F3N4O9. The van der Waals surface area contributed by atoms with E-state index in [1.165, 1.54) is 35.1 Å². The minimum absolute atomic E-state index is 0.0239. The number of alkyl halides is 3. The molecule has 0 saturated carbocycles. The number of benzene rings is 1. The lowest BCUT2D eigenvalue weighted by molar-refractivity contribution is -0.154. The molecule has 4 aromatic rings. The van der Waals surface area contributed by atoms with Crippen LogP contribution in [0.15, 0.2) is 47.6 Å². The second-order valence-electron chi connectivity index (χ2n) is 8.82. The van der Waals surface area contributed by atoms with Crippen LogP contribution >= 0.6 is 0 Å². The Hall–Kier alpha value is -4.70. The quantitative estimate of drug-likeness (QED) is 0.152. The fraction of sp³-hybridized carbons (Fsp3) is 0.346. The number of unbranched alkanes of at least 4 members (excludes halogenated alkanes) is 1. The Kier molecular flexibility index (Phi) is 9.59. The standard InChI is InChI=1S/C26H25F3N4O9/c27-26(28,29)21-17(14-41-32-21)18-13-31-22-23(30-7-8-33(18)22)42-15-5-6-16(20(36)12-15)24(37)39-10-3-11-40-25(38)19(35)4-1-2-9-34/h5-8,12-14,19,34-36H,1-4,9-11H2/t19-/m0/s1. The van der Waals surface area contributed by atoms with Gasteiger partial charge in [-0.05, 0) is 31.4 Å². The second-order valence-corrected chi connectivity index (χ2v) is 8.82. The molecule has 3 N–H and O–H groups in total. The fourth-order valence-electron chi connectivity index (χ4n) is 3.79. The zero-order valence-corrected chi connectivity index (χ0v) is 21.8. The molecule has 16 heteroatoms. The average Bonchev–Trinajstić information content (AvgIpc) is 3.61. The van der Waals surface area contributed by atoms with Gasteiger partial charge in [-0.2, -0.15) is 13.2 Å². The van der Waals surface area contributed by atoms with Gasteiger partial charge in [-0.3, -0.25) is 4.40 Å². The Morgan fingerprint density at radius 1 is 1.10 bits per heavy atom. The van der Waals surface area contributed by atoms with E-state index in [0.29, 0.717) is 12.8 Å². The molecular weight excluding hydrogens is 569 g/mol. The molecule has 224 valence electrons. The van der Waals surface area contributed by atoms with E-state index in [-0.39, 0.29) is 66.8 Å². The number of imidazole rings is 1. The maximum absolute atomic E-state index is 13.3. The number of nitrogens with zero attached hydrogens (tertiary/aromatic N) is 4. The van der Waals surface area contributed by atoms with Crippen molar-refractivity contribution >= 4 is 17.6 Å². The number of aromatic nitrogens is 4. The molecule has 0 spiro atoms. The summed E-state index contributed by atoms with van der Waals surface area (Å²) in [7, 11) is 0. The number of halogens is 3. The third-order valence-corrected chi connectivity index (χ3v) is 5.84. The van der Waals surface area contributed by atoms with Crippen molar-refractivity contribution in [1.29, 1.82) is 0 Å². The highest BCUT2D eigenvalue weighted by atomic mass is 19.4. The largest absolute Gasteiger partial charge is 0.507 e. The third-order valence-electron chi connectivity index (χ3n) is 5.84. The van der Waals surface area contributed by atoms with Crippen molar-refractivity contribution in [1.82, 2.24) is 19.5 Å². The summed E-state index contributed by atoms with van der Waals surface area (Å²) in [5.41, 5.74) is -1.65. The minimum Gasteiger partial charge on any atom is -0.507 e. The second kappa shape index (κ2) is 13.3. The summed E-state index contributed by atoms with van der Waals surface area (Å²) >= 11 is 0. The first-order valence-electron chi connectivity index (χ1n) is 12.6. The number of aliphatic hydroxyl groups excluding tert-OH is 2. The van der Waals surface area contributed by atoms with Crippen molar-refractivity contribution in [3.8, 4) is 28.6 Å². The summed E-state index contributed by atoms with van der Waals surface area (Å²) in [4.78, 5) is 32.2. The van der Waals surface area contributed by atoms with Gasteiger partial charge < -0.3 is 34.1 Å². The van der Waals surface area contributed by atoms with E-state index in [2.05, 4.69) is 19.6 Å². The van der Waals surface area contributed by atoms with Crippen molar-refractivity contribution in [2.24, 2.45) is 0 Å². The highest BCUT2D eigenvalue weighted by molar-refractivity contribution is 5.92. The zero-order chi connectivity index (χ0) is 30.3. The topological polar surface area (TPSA) is 179 Å². The summed E-state index contributed by atoms with van der Waals surface area (Å²) < 4.78 is 61.4. The van der Waals surface area contributed by atoms with E-state index in [1.807, 2.05) is 0 Å². The van der Waals surface area contributed by atoms with Gasteiger partial charge in [-0.15, -0.1) is 0 Å². The monoisotopic (exact) mass is 594 g/mol. The smallest absolute Gasteiger partial charge is 0.437 e. The van der Waals surface area contributed by atoms with Gasteiger partial charge in [-0.25, -0.2) is 19.6 Å². The summed E-state index contributed by atoms with van der Waals surface area (Å²) in [6.07, 6.45) is -0.165. The minimum atomic E-state index is -4.75. The first-order chi connectivity index (χ1) is 20.1. The number of hydrogen-bond donors (Lipinski definition) is 3. The highest BCUT2D eigenvalue weighted by Gasteiger charge is 2.38. The van der Waals surface area contributed by atoms with Crippen LogP contribution in [0, 0.1) is 0 Å². The molecule has 0 aliphatic rings. The molecule has 13 nitrogen and oxygen atoms in total. The number of rotatable bonds is 13. The van der Waals surface area contributed by atoms with Crippen molar-refractivity contribution in [3.05, 3.63) is 54.3 Å². The molecule has 0 bridgehead atoms. The fourth-order valence-corrected chi connectivity index (χ4v) is 3.79. The number of aliphatic hydroxyl groups is 2. The Bertz CT molecular complexity index is 1540. The molecule has 0 aliphatic heterocycles. The lowest BCUT2D eigenvalue weighted by Crippen LogP contribution is -2.24. The number of phenolic OH excluding ortho intramolecular Hbond substituents is 1. The lowest BCUT2D eigenvalue weighted by atomic mass is 10.1. The zero-order valence-electron chi connectivity index (χ0n) is 21.8. The first kappa shape index (κ1) is 30.3. The van der Waals surface area contributed by atoms with Crippen LogP contribution in [0.4, 0.5) is 13.2 Å². The molecule has 3 aromatic heterocycles. The summed E-state index contributed by atoms with van der Waals surface area (Å²) in [6.45, 7) is -0.285. The number of phenols is 1. The van der Waals surface area contributed by atoms with Crippen LogP contribution in [0.5, 0.6) is 17.4 Å². The molecule has 3 heterocycles. The van der Waals surface area contributed by atoms with Gasteiger partial charge in [0.25, 0.3) is 5.88 Å². The number of aromatic hydroxyl groups is 1. The highest BCUT2D eigenvalue weighted by Crippen LogP contribution is 2.37. The number of fused-ring (bicyclic) bond motifs is 1. The first-order valence-corrected chi connectivity index (χ1v) is 12.6. The number of ether oxygens (including phenoxy) is 3. The molecule has 4 rings (SSSR count). The van der Waals surface area contributed by atoms with Crippen molar-refractivity contribution in [2.75, 3.05) is 19.8 Å². The Balaban J connectivity index is 1.34. The Labute approximate surface area is 235 Å². The average molecular weight is 594 g/mol. The Morgan fingerprint density at radius 3 is 2.62 bits per heavy atom. The van der Waals surface area contributed by atoms with Crippen LogP contribution in [-0.4, -0.2) is 72.7 Å². The van der Waals surface area contributed by atoms with E-state index < -0.39 is 35.7 Å². The predicted molar refractivity (Wildman–Crippen MR) is 134 cm³/mol. The van der Waals surface area contributed by atoms with Gasteiger partial charge in [0.1, 0.15) is 23.3 Å². The van der Waals surface area contributed by atoms with Crippen molar-refractivity contribution in [3.63, 3.8) is 0 Å². The molecule has 0 unspecified atom stereocenters. The van der Waals surface area contributed by atoms with Gasteiger partial charge in [0, 0.05) is 31.5 Å². The van der Waals surface area contributed by atoms with Crippen LogP contribution in [0.25, 0.3) is 16.9 Å². The predicted octanol–water partition coefficient (Wildman–Crippen LogP) is 3.51. The van der Waals surface area contributed by atoms with E-state index in [1.54, 1.807) is 0 Å². The molecule has 0 fully saturated rings. The van der Waals surface area contributed by atoms with Crippen LogP contribution < -0.4 is 4.74 Å². The maximum Gasteiger partial charge on any atom is 0.437 e. The van der Waals surface area contributed by atoms with Gasteiger partial charge in [0.05, 0.1) is 30.7 Å². The van der Waals surface area contributed by atoms with Crippen molar-refractivity contribution in [2.45, 2.75) is 38.0 Å². The van der Waals surface area contributed by atoms with Crippen LogP contribution in [0.1, 0.15) is 41.7 Å². The van der Waals surface area contributed by atoms with E-state index in [9.17, 15) is 33.0 Å². The normalized spacial score (nSPS) is 12.3. The molecule has 42 heavy (non-hydrogen) atoms. The summed E-state index contributed by atoms with van der Waals surface area (Å²) in [6, 6.07) is 3.69. The van der Waals surface area contributed by atoms with Gasteiger partial charge in [-0.1, -0.05) is 5.16 Å². The molecule has 0 saturated heterocycles. The molecule has 0 radical (unpaired) electrons. The number of carbonyl (C=O) groups is 2. The maximum atomic E-state index is 13.3. The summed E-state index contributed by atoms with van der Waals surface area (Å²) in [5, 5.41) is 31.8. The van der Waals surface area contributed by atoms with E-state index in [4.69, 9.17) is 19.3 Å². The van der Waals surface area contributed by atoms with Gasteiger partial charge in [0.15, 0.2) is 11.8 Å². The van der Waals surface area contributed by atoms with Crippen LogP contribution in [0.3, 0.4) is 0 Å². The molecule has 0 amide bonds. The number of esters is 2. The summed E-state index contributed by atoms with van der Waals surface area (Å²) in [5.74, 6) is -2.21. The lowest BCUT2D eigenvalue weighted by Gasteiger charge is -2.11. The molecule has 1 aromatic carbocycles. The SMILES string of the molecule is O=C(OCCCOC(=O)[C@@H](O)CCCCO)c1ccc(Oc2nccn3c(-c4conc4C(F)(F)F)cnc23)cc1O. The molecule has 1 atom stereocenters. The van der Waals surface area contributed by atoms with Crippen molar-refractivity contribution < 1.29 is 56.8 Å². The third kappa shape index (κ3) is 7.13. The van der Waals surface area contributed by atoms with Crippen LogP contribution in [-0.2, 0) is 20.4 Å². The molecule has 0 aliphatic carbocycles. The van der Waals surface area contributed by atoms with Gasteiger partial charge in [0.2, 0.25) is 5.65 Å². The number of carbonyl (C=O) groups excluding carboxylic acids is 2.